The van der Waals surface area contributed by atoms with Gasteiger partial charge < -0.3 is 10.1 Å². The summed E-state index contributed by atoms with van der Waals surface area (Å²) in [5.41, 5.74) is 0.548. The van der Waals surface area contributed by atoms with E-state index in [9.17, 15) is 9.18 Å². The number of hydrogen-bond acceptors (Lipinski definition) is 3. The molecule has 0 fully saturated rings. The number of anilines is 1. The van der Waals surface area contributed by atoms with Crippen LogP contribution in [0, 0.1) is 5.82 Å². The monoisotopic (exact) mass is 259 g/mol. The smallest absolute Gasteiger partial charge is 0.307 e. The van der Waals surface area contributed by atoms with E-state index >= 15 is 0 Å². The van der Waals surface area contributed by atoms with Gasteiger partial charge in [0, 0.05) is 16.8 Å². The minimum Gasteiger partial charge on any atom is -0.466 e. The minimum atomic E-state index is -0.414. The van der Waals surface area contributed by atoms with E-state index in [1.54, 1.807) is 13.0 Å². The lowest BCUT2D eigenvalue weighted by Crippen LogP contribution is -2.21. The van der Waals surface area contributed by atoms with Crippen LogP contribution in [0.5, 0.6) is 0 Å². The molecule has 1 atom stereocenters. The predicted molar refractivity (Wildman–Crippen MR) is 65.7 cm³/mol. The summed E-state index contributed by atoms with van der Waals surface area (Å²) in [4.78, 5) is 11.2. The first kappa shape index (κ1) is 13.8. The molecule has 1 aromatic carbocycles. The SMILES string of the molecule is CCOC(=O)CC(C)Nc1cc(F)cc(Cl)c1. The Balaban J connectivity index is 2.55. The van der Waals surface area contributed by atoms with Crippen molar-refractivity contribution in [2.45, 2.75) is 26.3 Å². The van der Waals surface area contributed by atoms with Crippen LogP contribution in [0.4, 0.5) is 10.1 Å². The quantitative estimate of drug-likeness (QED) is 0.825. The van der Waals surface area contributed by atoms with Crippen molar-refractivity contribution in [1.29, 1.82) is 0 Å². The van der Waals surface area contributed by atoms with Crippen LogP contribution in [0.2, 0.25) is 5.02 Å². The molecule has 0 spiro atoms. The summed E-state index contributed by atoms with van der Waals surface area (Å²) >= 11 is 5.72. The number of hydrogen-bond donors (Lipinski definition) is 1. The lowest BCUT2D eigenvalue weighted by molar-refractivity contribution is -0.143. The van der Waals surface area contributed by atoms with Crippen molar-refractivity contribution >= 4 is 23.3 Å². The van der Waals surface area contributed by atoms with E-state index in [2.05, 4.69) is 5.32 Å². The maximum atomic E-state index is 13.0. The molecule has 1 aromatic rings. The molecule has 0 saturated carbocycles. The van der Waals surface area contributed by atoms with Gasteiger partial charge in [0.2, 0.25) is 0 Å². The van der Waals surface area contributed by atoms with Gasteiger partial charge in [0.15, 0.2) is 0 Å². The molecule has 0 aliphatic heterocycles. The van der Waals surface area contributed by atoms with Crippen molar-refractivity contribution in [2.75, 3.05) is 11.9 Å². The first-order valence-corrected chi connectivity index (χ1v) is 5.77. The highest BCUT2D eigenvalue weighted by Crippen LogP contribution is 2.19. The molecule has 3 nitrogen and oxygen atoms in total. The fourth-order valence-electron chi connectivity index (χ4n) is 1.44. The van der Waals surface area contributed by atoms with Gasteiger partial charge in [-0.3, -0.25) is 4.79 Å². The lowest BCUT2D eigenvalue weighted by Gasteiger charge is -2.14. The molecule has 0 aliphatic carbocycles. The Hall–Kier alpha value is -1.29. The molecule has 0 aromatic heterocycles. The Bertz CT molecular complexity index is 378. The average Bonchev–Trinajstić information content (AvgIpc) is 2.14. The molecule has 0 radical (unpaired) electrons. The zero-order valence-electron chi connectivity index (χ0n) is 9.80. The summed E-state index contributed by atoms with van der Waals surface area (Å²) in [6.07, 6.45) is 0.224. The molecule has 1 unspecified atom stereocenters. The number of esters is 1. The van der Waals surface area contributed by atoms with Gasteiger partial charge in [0.05, 0.1) is 13.0 Å². The van der Waals surface area contributed by atoms with Crippen molar-refractivity contribution in [1.82, 2.24) is 0 Å². The first-order valence-electron chi connectivity index (χ1n) is 5.39. The molecular formula is C12H15ClFNO2. The Kier molecular flexibility index (Phi) is 5.22. The van der Waals surface area contributed by atoms with Gasteiger partial charge in [-0.25, -0.2) is 4.39 Å². The normalized spacial score (nSPS) is 12.0. The van der Waals surface area contributed by atoms with Gasteiger partial charge >= 0.3 is 5.97 Å². The van der Waals surface area contributed by atoms with E-state index in [0.717, 1.165) is 0 Å². The van der Waals surface area contributed by atoms with Gasteiger partial charge in [0.25, 0.3) is 0 Å². The number of nitrogens with one attached hydrogen (secondary N) is 1. The van der Waals surface area contributed by atoms with Gasteiger partial charge in [-0.15, -0.1) is 0 Å². The molecule has 1 rings (SSSR count). The highest BCUT2D eigenvalue weighted by molar-refractivity contribution is 6.30. The van der Waals surface area contributed by atoms with Gasteiger partial charge in [0.1, 0.15) is 5.82 Å². The fraction of sp³-hybridized carbons (Fsp3) is 0.417. The minimum absolute atomic E-state index is 0.146. The predicted octanol–water partition coefficient (Wildman–Crippen LogP) is 3.23. The molecule has 0 amide bonds. The van der Waals surface area contributed by atoms with Gasteiger partial charge in [-0.1, -0.05) is 11.6 Å². The number of carbonyl (C=O) groups is 1. The largest absolute Gasteiger partial charge is 0.466 e. The summed E-state index contributed by atoms with van der Waals surface area (Å²) < 4.78 is 17.9. The topological polar surface area (TPSA) is 38.3 Å². The fourth-order valence-corrected chi connectivity index (χ4v) is 1.66. The number of benzene rings is 1. The number of ether oxygens (including phenoxy) is 1. The maximum Gasteiger partial charge on any atom is 0.307 e. The number of rotatable bonds is 5. The number of halogens is 2. The molecule has 5 heteroatoms. The molecular weight excluding hydrogens is 245 g/mol. The van der Waals surface area contributed by atoms with E-state index < -0.39 is 5.82 Å². The van der Waals surface area contributed by atoms with Crippen LogP contribution in [0.3, 0.4) is 0 Å². The zero-order valence-corrected chi connectivity index (χ0v) is 10.6. The van der Waals surface area contributed by atoms with Crippen LogP contribution in [-0.2, 0) is 9.53 Å². The summed E-state index contributed by atoms with van der Waals surface area (Å²) in [5, 5.41) is 3.30. The van der Waals surface area contributed by atoms with Crippen LogP contribution in [0.25, 0.3) is 0 Å². The first-order chi connectivity index (χ1) is 8.01. The van der Waals surface area contributed by atoms with Gasteiger partial charge in [-0.05, 0) is 32.0 Å². The van der Waals surface area contributed by atoms with Crippen molar-refractivity contribution in [3.63, 3.8) is 0 Å². The van der Waals surface area contributed by atoms with E-state index in [1.165, 1.54) is 12.1 Å². The average molecular weight is 260 g/mol. The molecule has 0 heterocycles. The van der Waals surface area contributed by atoms with Crippen molar-refractivity contribution < 1.29 is 13.9 Å². The Morgan fingerprint density at radius 1 is 1.53 bits per heavy atom. The molecule has 1 N–H and O–H groups in total. The van der Waals surface area contributed by atoms with Crippen molar-refractivity contribution in [3.05, 3.63) is 29.0 Å². The van der Waals surface area contributed by atoms with Crippen LogP contribution in [-0.4, -0.2) is 18.6 Å². The van der Waals surface area contributed by atoms with Gasteiger partial charge in [-0.2, -0.15) is 0 Å². The summed E-state index contributed by atoms with van der Waals surface area (Å²) in [6.45, 7) is 3.93. The van der Waals surface area contributed by atoms with E-state index in [0.29, 0.717) is 17.3 Å². The van der Waals surface area contributed by atoms with E-state index in [4.69, 9.17) is 16.3 Å². The van der Waals surface area contributed by atoms with E-state index in [1.807, 2.05) is 6.92 Å². The maximum absolute atomic E-state index is 13.0. The molecule has 17 heavy (non-hydrogen) atoms. The van der Waals surface area contributed by atoms with Crippen molar-refractivity contribution in [2.24, 2.45) is 0 Å². The van der Waals surface area contributed by atoms with Crippen LogP contribution in [0.1, 0.15) is 20.3 Å². The lowest BCUT2D eigenvalue weighted by atomic mass is 10.2. The summed E-state index contributed by atoms with van der Waals surface area (Å²) in [6, 6.07) is 4.01. The Morgan fingerprint density at radius 2 is 2.24 bits per heavy atom. The zero-order chi connectivity index (χ0) is 12.8. The number of carbonyl (C=O) groups excluding carboxylic acids is 1. The second-order valence-electron chi connectivity index (χ2n) is 3.71. The molecule has 0 bridgehead atoms. The third-order valence-corrected chi connectivity index (χ3v) is 2.27. The van der Waals surface area contributed by atoms with Crippen LogP contribution >= 0.6 is 11.6 Å². The van der Waals surface area contributed by atoms with E-state index in [-0.39, 0.29) is 18.4 Å². The summed E-state index contributed by atoms with van der Waals surface area (Å²) in [5.74, 6) is -0.696. The molecule has 94 valence electrons. The Labute approximate surface area is 105 Å². The second kappa shape index (κ2) is 6.45. The third kappa shape index (κ3) is 5.04. The molecule has 0 saturated heterocycles. The highest BCUT2D eigenvalue weighted by atomic mass is 35.5. The van der Waals surface area contributed by atoms with Crippen LogP contribution in [0.15, 0.2) is 18.2 Å². The second-order valence-corrected chi connectivity index (χ2v) is 4.15. The third-order valence-electron chi connectivity index (χ3n) is 2.05. The van der Waals surface area contributed by atoms with Crippen LogP contribution < -0.4 is 5.32 Å². The summed E-state index contributed by atoms with van der Waals surface area (Å²) in [7, 11) is 0. The molecule has 0 aliphatic rings. The highest BCUT2D eigenvalue weighted by Gasteiger charge is 2.10. The van der Waals surface area contributed by atoms with Crippen molar-refractivity contribution in [3.8, 4) is 0 Å². The standard InChI is InChI=1S/C12H15ClFNO2/c1-3-17-12(16)4-8(2)15-11-6-9(13)5-10(14)7-11/h5-8,15H,3-4H2,1-2H3. The Morgan fingerprint density at radius 3 is 2.82 bits per heavy atom.